The minimum atomic E-state index is -0.937. The van der Waals surface area contributed by atoms with E-state index in [-0.39, 0.29) is 11.8 Å². The monoisotopic (exact) mass is 199 g/mol. The molecule has 1 rings (SSSR count). The van der Waals surface area contributed by atoms with Gasteiger partial charge in [-0.05, 0) is 18.8 Å². The van der Waals surface area contributed by atoms with Gasteiger partial charge in [0.05, 0.1) is 0 Å². The number of aliphatic carboxylic acids is 1. The lowest BCUT2D eigenvalue weighted by atomic mass is 10.1. The van der Waals surface area contributed by atoms with Crippen LogP contribution in [0, 0.1) is 11.8 Å². The summed E-state index contributed by atoms with van der Waals surface area (Å²) in [5.74, 6) is -0.563. The van der Waals surface area contributed by atoms with Gasteiger partial charge in [0.1, 0.15) is 6.04 Å². The molecule has 80 valence electrons. The quantitative estimate of drug-likeness (QED) is 0.694. The van der Waals surface area contributed by atoms with E-state index in [2.05, 4.69) is 5.32 Å². The first kappa shape index (κ1) is 11.0. The van der Waals surface area contributed by atoms with Crippen LogP contribution in [0.4, 0.5) is 0 Å². The molecule has 14 heavy (non-hydrogen) atoms. The van der Waals surface area contributed by atoms with Crippen LogP contribution in [0.1, 0.15) is 33.1 Å². The van der Waals surface area contributed by atoms with Gasteiger partial charge >= 0.3 is 5.97 Å². The molecule has 0 heterocycles. The predicted octanol–water partition coefficient (Wildman–Crippen LogP) is 1.01. The van der Waals surface area contributed by atoms with Gasteiger partial charge < -0.3 is 10.4 Å². The predicted molar refractivity (Wildman–Crippen MR) is 51.7 cm³/mol. The Balaban J connectivity index is 2.38. The van der Waals surface area contributed by atoms with Gasteiger partial charge in [0.25, 0.3) is 0 Å². The summed E-state index contributed by atoms with van der Waals surface area (Å²) in [5, 5.41) is 11.4. The van der Waals surface area contributed by atoms with Gasteiger partial charge in [-0.25, -0.2) is 4.79 Å². The Labute approximate surface area is 83.7 Å². The number of nitrogens with one attached hydrogen (secondary N) is 1. The number of carbonyl (C=O) groups is 2. The second-order valence-electron chi connectivity index (χ2n) is 4.01. The first-order valence-electron chi connectivity index (χ1n) is 5.09. The Morgan fingerprint density at radius 3 is 2.50 bits per heavy atom. The first-order chi connectivity index (χ1) is 6.56. The van der Waals surface area contributed by atoms with E-state index in [1.807, 2.05) is 13.8 Å². The highest BCUT2D eigenvalue weighted by Gasteiger charge is 2.40. The maximum absolute atomic E-state index is 11.4. The number of carbonyl (C=O) groups excluding carboxylic acids is 1. The summed E-state index contributed by atoms with van der Waals surface area (Å²) in [7, 11) is 0. The van der Waals surface area contributed by atoms with E-state index < -0.39 is 12.0 Å². The van der Waals surface area contributed by atoms with Crippen molar-refractivity contribution in [1.82, 2.24) is 5.32 Å². The lowest BCUT2D eigenvalue weighted by molar-refractivity contribution is -0.142. The fourth-order valence-corrected chi connectivity index (χ4v) is 1.51. The standard InChI is InChI=1S/C10H17NO3/c1-3-4-8(10(13)14)11-9(12)7-5-6(7)2/h6-8H,3-5H2,1-2H3,(H,11,12)(H,13,14). The first-order valence-corrected chi connectivity index (χ1v) is 5.09. The molecular formula is C10H17NO3. The summed E-state index contributed by atoms with van der Waals surface area (Å²) in [6.07, 6.45) is 2.16. The highest BCUT2D eigenvalue weighted by Crippen LogP contribution is 2.37. The molecule has 3 unspecified atom stereocenters. The fraction of sp³-hybridized carbons (Fsp3) is 0.800. The molecule has 1 fully saturated rings. The minimum absolute atomic E-state index is 0.0497. The molecule has 0 saturated heterocycles. The molecule has 0 aromatic rings. The summed E-state index contributed by atoms with van der Waals surface area (Å²) >= 11 is 0. The van der Waals surface area contributed by atoms with E-state index in [4.69, 9.17) is 5.11 Å². The normalized spacial score (nSPS) is 26.7. The van der Waals surface area contributed by atoms with Crippen molar-refractivity contribution in [3.63, 3.8) is 0 Å². The number of rotatable bonds is 5. The number of hydrogen-bond donors (Lipinski definition) is 2. The molecule has 1 aliphatic rings. The average Bonchev–Trinajstić information content (AvgIpc) is 2.81. The van der Waals surface area contributed by atoms with Crippen LogP contribution >= 0.6 is 0 Å². The molecule has 0 radical (unpaired) electrons. The molecular weight excluding hydrogens is 182 g/mol. The van der Waals surface area contributed by atoms with Crippen LogP contribution in [0.15, 0.2) is 0 Å². The molecule has 0 spiro atoms. The average molecular weight is 199 g/mol. The summed E-state index contributed by atoms with van der Waals surface area (Å²) in [6, 6.07) is -0.708. The third kappa shape index (κ3) is 2.72. The third-order valence-corrected chi connectivity index (χ3v) is 2.64. The lowest BCUT2D eigenvalue weighted by Gasteiger charge is -2.12. The second-order valence-corrected chi connectivity index (χ2v) is 4.01. The van der Waals surface area contributed by atoms with Gasteiger partial charge in [0.2, 0.25) is 5.91 Å². The van der Waals surface area contributed by atoms with Crippen molar-refractivity contribution >= 4 is 11.9 Å². The zero-order chi connectivity index (χ0) is 10.7. The van der Waals surface area contributed by atoms with Crippen LogP contribution in [0.3, 0.4) is 0 Å². The minimum Gasteiger partial charge on any atom is -0.480 e. The number of amides is 1. The molecule has 1 saturated carbocycles. The van der Waals surface area contributed by atoms with Crippen molar-refractivity contribution in [3.8, 4) is 0 Å². The lowest BCUT2D eigenvalue weighted by Crippen LogP contribution is -2.41. The smallest absolute Gasteiger partial charge is 0.326 e. The van der Waals surface area contributed by atoms with Crippen LogP contribution in [0.25, 0.3) is 0 Å². The summed E-state index contributed by atoms with van der Waals surface area (Å²) < 4.78 is 0. The Kier molecular flexibility index (Phi) is 3.49. The highest BCUT2D eigenvalue weighted by molar-refractivity contribution is 5.86. The maximum atomic E-state index is 11.4. The number of carboxylic acid groups (broad SMARTS) is 1. The van der Waals surface area contributed by atoms with Crippen LogP contribution in [0.5, 0.6) is 0 Å². The fourth-order valence-electron chi connectivity index (χ4n) is 1.51. The summed E-state index contributed by atoms with van der Waals surface area (Å²) in [6.45, 7) is 3.90. The SMILES string of the molecule is CCCC(NC(=O)C1CC1C)C(=O)O. The van der Waals surface area contributed by atoms with Crippen molar-refractivity contribution in [3.05, 3.63) is 0 Å². The molecule has 0 aromatic carbocycles. The van der Waals surface area contributed by atoms with Gasteiger partial charge in [-0.1, -0.05) is 20.3 Å². The Bertz CT molecular complexity index is 240. The van der Waals surface area contributed by atoms with Gasteiger partial charge in [0, 0.05) is 5.92 Å². The maximum Gasteiger partial charge on any atom is 0.326 e. The van der Waals surface area contributed by atoms with E-state index in [1.54, 1.807) is 0 Å². The summed E-state index contributed by atoms with van der Waals surface area (Å²) in [5.41, 5.74) is 0. The summed E-state index contributed by atoms with van der Waals surface area (Å²) in [4.78, 5) is 22.2. The Morgan fingerprint density at radius 2 is 2.14 bits per heavy atom. The van der Waals surface area contributed by atoms with Gasteiger partial charge in [-0.2, -0.15) is 0 Å². The highest BCUT2D eigenvalue weighted by atomic mass is 16.4. The van der Waals surface area contributed by atoms with E-state index in [9.17, 15) is 9.59 Å². The molecule has 4 nitrogen and oxygen atoms in total. The van der Waals surface area contributed by atoms with Crippen LogP contribution < -0.4 is 5.32 Å². The van der Waals surface area contributed by atoms with E-state index in [1.165, 1.54) is 0 Å². The van der Waals surface area contributed by atoms with E-state index in [0.29, 0.717) is 12.3 Å². The molecule has 0 aromatic heterocycles. The van der Waals surface area contributed by atoms with Crippen LogP contribution in [-0.2, 0) is 9.59 Å². The van der Waals surface area contributed by atoms with Crippen molar-refractivity contribution in [2.75, 3.05) is 0 Å². The third-order valence-electron chi connectivity index (χ3n) is 2.64. The van der Waals surface area contributed by atoms with E-state index in [0.717, 1.165) is 12.8 Å². The van der Waals surface area contributed by atoms with Gasteiger partial charge in [-0.3, -0.25) is 4.79 Å². The number of carboxylic acids is 1. The zero-order valence-corrected chi connectivity index (χ0v) is 8.62. The van der Waals surface area contributed by atoms with Crippen molar-refractivity contribution in [2.24, 2.45) is 11.8 Å². The molecule has 4 heteroatoms. The molecule has 0 bridgehead atoms. The Morgan fingerprint density at radius 1 is 1.57 bits per heavy atom. The van der Waals surface area contributed by atoms with Crippen molar-refractivity contribution in [1.29, 1.82) is 0 Å². The van der Waals surface area contributed by atoms with Gasteiger partial charge in [0.15, 0.2) is 0 Å². The van der Waals surface area contributed by atoms with Crippen LogP contribution in [-0.4, -0.2) is 23.0 Å². The number of hydrogen-bond acceptors (Lipinski definition) is 2. The van der Waals surface area contributed by atoms with E-state index >= 15 is 0 Å². The zero-order valence-electron chi connectivity index (χ0n) is 8.62. The van der Waals surface area contributed by atoms with Crippen molar-refractivity contribution in [2.45, 2.75) is 39.2 Å². The largest absolute Gasteiger partial charge is 0.480 e. The second kappa shape index (κ2) is 4.44. The molecule has 1 amide bonds. The molecule has 1 aliphatic carbocycles. The van der Waals surface area contributed by atoms with Crippen molar-refractivity contribution < 1.29 is 14.7 Å². The molecule has 2 N–H and O–H groups in total. The molecule has 3 atom stereocenters. The Hall–Kier alpha value is -1.06. The molecule has 0 aliphatic heterocycles. The van der Waals surface area contributed by atoms with Gasteiger partial charge in [-0.15, -0.1) is 0 Å². The topological polar surface area (TPSA) is 66.4 Å². The van der Waals surface area contributed by atoms with Crippen LogP contribution in [0.2, 0.25) is 0 Å².